The molecule has 0 saturated carbocycles. The van der Waals surface area contributed by atoms with E-state index in [-0.39, 0.29) is 17.1 Å². The van der Waals surface area contributed by atoms with E-state index in [9.17, 15) is 4.79 Å². The Morgan fingerprint density at radius 1 is 1.59 bits per heavy atom. The molecule has 1 fully saturated rings. The van der Waals surface area contributed by atoms with Crippen molar-refractivity contribution in [2.24, 2.45) is 11.7 Å². The molecule has 0 aliphatic carbocycles. The van der Waals surface area contributed by atoms with Crippen LogP contribution in [0.15, 0.2) is 6.07 Å². The fraction of sp³-hybridized carbons (Fsp3) is 0.545. The van der Waals surface area contributed by atoms with Gasteiger partial charge in [0.05, 0.1) is 5.92 Å². The van der Waals surface area contributed by atoms with Gasteiger partial charge in [-0.05, 0) is 31.4 Å². The second-order valence-electron chi connectivity index (χ2n) is 4.32. The van der Waals surface area contributed by atoms with E-state index >= 15 is 0 Å². The van der Waals surface area contributed by atoms with Crippen molar-refractivity contribution in [1.82, 2.24) is 9.97 Å². The molecule has 2 heterocycles. The van der Waals surface area contributed by atoms with Gasteiger partial charge in [0, 0.05) is 24.8 Å². The van der Waals surface area contributed by atoms with Crippen molar-refractivity contribution in [1.29, 1.82) is 0 Å². The number of hydrogen-bond donors (Lipinski definition) is 1. The fourth-order valence-corrected chi connectivity index (χ4v) is 2.32. The number of halogens is 1. The van der Waals surface area contributed by atoms with Crippen molar-refractivity contribution < 1.29 is 4.79 Å². The highest BCUT2D eigenvalue weighted by Crippen LogP contribution is 2.22. The molecule has 1 saturated heterocycles. The van der Waals surface area contributed by atoms with Gasteiger partial charge in [-0.2, -0.15) is 0 Å². The third-order valence-corrected chi connectivity index (χ3v) is 3.13. The van der Waals surface area contributed by atoms with Gasteiger partial charge < -0.3 is 10.6 Å². The molecule has 1 aliphatic heterocycles. The van der Waals surface area contributed by atoms with Crippen molar-refractivity contribution in [2.45, 2.75) is 19.8 Å². The smallest absolute Gasteiger partial charge is 0.224 e. The monoisotopic (exact) mass is 254 g/mol. The molecule has 1 atom stereocenters. The molecule has 2 rings (SSSR count). The highest BCUT2D eigenvalue weighted by Gasteiger charge is 2.25. The predicted octanol–water partition coefficient (Wildman–Crippen LogP) is 1.14. The zero-order valence-electron chi connectivity index (χ0n) is 9.69. The molecule has 1 aromatic rings. The number of amides is 1. The predicted molar refractivity (Wildman–Crippen MR) is 65.9 cm³/mol. The van der Waals surface area contributed by atoms with E-state index in [2.05, 4.69) is 9.97 Å². The second kappa shape index (κ2) is 4.87. The van der Waals surface area contributed by atoms with Crippen LogP contribution >= 0.6 is 11.6 Å². The van der Waals surface area contributed by atoms with Gasteiger partial charge in [-0.1, -0.05) is 0 Å². The number of anilines is 1. The Balaban J connectivity index is 2.18. The number of rotatable bonds is 2. The quantitative estimate of drug-likeness (QED) is 0.804. The zero-order valence-corrected chi connectivity index (χ0v) is 10.4. The van der Waals surface area contributed by atoms with Crippen LogP contribution in [0.3, 0.4) is 0 Å². The van der Waals surface area contributed by atoms with Crippen LogP contribution in [0.5, 0.6) is 0 Å². The minimum Gasteiger partial charge on any atom is -0.369 e. The first-order chi connectivity index (χ1) is 8.06. The lowest BCUT2D eigenvalue weighted by Crippen LogP contribution is -2.41. The number of nitrogens with two attached hydrogens (primary N) is 1. The van der Waals surface area contributed by atoms with Crippen LogP contribution in [0.25, 0.3) is 0 Å². The highest BCUT2D eigenvalue weighted by atomic mass is 35.5. The van der Waals surface area contributed by atoms with E-state index in [0.717, 1.165) is 30.9 Å². The molecule has 6 heteroatoms. The summed E-state index contributed by atoms with van der Waals surface area (Å²) >= 11 is 5.83. The first-order valence-electron chi connectivity index (χ1n) is 5.61. The van der Waals surface area contributed by atoms with Gasteiger partial charge in [-0.15, -0.1) is 0 Å². The number of piperidine rings is 1. The summed E-state index contributed by atoms with van der Waals surface area (Å²) in [7, 11) is 0. The molecule has 0 bridgehead atoms. The van der Waals surface area contributed by atoms with Crippen LogP contribution in [0, 0.1) is 12.8 Å². The van der Waals surface area contributed by atoms with Crippen LogP contribution in [0.1, 0.15) is 18.5 Å². The van der Waals surface area contributed by atoms with Gasteiger partial charge in [-0.3, -0.25) is 4.79 Å². The molecule has 0 radical (unpaired) electrons. The van der Waals surface area contributed by atoms with Crippen molar-refractivity contribution >= 4 is 23.3 Å². The Hall–Kier alpha value is -1.36. The average Bonchev–Trinajstić information content (AvgIpc) is 2.28. The van der Waals surface area contributed by atoms with Gasteiger partial charge in [-0.25, -0.2) is 9.97 Å². The first kappa shape index (κ1) is 12.1. The maximum Gasteiger partial charge on any atom is 0.224 e. The minimum atomic E-state index is -0.244. The molecule has 0 spiro atoms. The molecule has 2 N–H and O–H groups in total. The fourth-order valence-electron chi connectivity index (χ4n) is 2.10. The standard InChI is InChI=1S/C11H15ClN4O/c1-7-5-9(15-11(12)14-7)16-4-2-3-8(6-16)10(13)17/h5,8H,2-4,6H2,1H3,(H2,13,17). The summed E-state index contributed by atoms with van der Waals surface area (Å²) < 4.78 is 0. The molecule has 1 unspecified atom stereocenters. The van der Waals surface area contributed by atoms with Crippen molar-refractivity contribution in [2.75, 3.05) is 18.0 Å². The lowest BCUT2D eigenvalue weighted by molar-refractivity contribution is -0.122. The largest absolute Gasteiger partial charge is 0.369 e. The van der Waals surface area contributed by atoms with E-state index < -0.39 is 0 Å². The third kappa shape index (κ3) is 2.85. The molecular weight excluding hydrogens is 240 g/mol. The zero-order chi connectivity index (χ0) is 12.4. The third-order valence-electron chi connectivity index (χ3n) is 2.96. The summed E-state index contributed by atoms with van der Waals surface area (Å²) in [5.74, 6) is 0.429. The average molecular weight is 255 g/mol. The van der Waals surface area contributed by atoms with Gasteiger partial charge in [0.25, 0.3) is 0 Å². The Morgan fingerprint density at radius 2 is 2.35 bits per heavy atom. The molecular formula is C11H15ClN4O. The Kier molecular flexibility index (Phi) is 3.47. The number of hydrogen-bond acceptors (Lipinski definition) is 4. The summed E-state index contributed by atoms with van der Waals surface area (Å²) in [6, 6.07) is 1.87. The van der Waals surface area contributed by atoms with Gasteiger partial charge in [0.2, 0.25) is 11.2 Å². The summed E-state index contributed by atoms with van der Waals surface area (Å²) in [5.41, 5.74) is 6.16. The van der Waals surface area contributed by atoms with E-state index in [0.29, 0.717) is 6.54 Å². The van der Waals surface area contributed by atoms with Crippen molar-refractivity contribution in [3.05, 3.63) is 17.0 Å². The second-order valence-corrected chi connectivity index (χ2v) is 4.66. The van der Waals surface area contributed by atoms with Crippen LogP contribution in [0.4, 0.5) is 5.82 Å². The topological polar surface area (TPSA) is 72.1 Å². The maximum absolute atomic E-state index is 11.2. The Morgan fingerprint density at radius 3 is 3.00 bits per heavy atom. The van der Waals surface area contributed by atoms with Crippen LogP contribution < -0.4 is 10.6 Å². The SMILES string of the molecule is Cc1cc(N2CCCC(C(N)=O)C2)nc(Cl)n1. The van der Waals surface area contributed by atoms with E-state index in [1.807, 2.05) is 17.9 Å². The lowest BCUT2D eigenvalue weighted by Gasteiger charge is -2.32. The van der Waals surface area contributed by atoms with Crippen molar-refractivity contribution in [3.63, 3.8) is 0 Å². The summed E-state index contributed by atoms with van der Waals surface area (Å²) in [4.78, 5) is 21.4. The van der Waals surface area contributed by atoms with E-state index in [4.69, 9.17) is 17.3 Å². The molecule has 1 aromatic heterocycles. The first-order valence-corrected chi connectivity index (χ1v) is 5.99. The molecule has 17 heavy (non-hydrogen) atoms. The number of aromatic nitrogens is 2. The molecule has 5 nitrogen and oxygen atoms in total. The highest BCUT2D eigenvalue weighted by molar-refractivity contribution is 6.28. The van der Waals surface area contributed by atoms with Crippen LogP contribution in [-0.2, 0) is 4.79 Å². The summed E-state index contributed by atoms with van der Waals surface area (Å²) in [6.45, 7) is 3.35. The van der Waals surface area contributed by atoms with Gasteiger partial charge in [0.15, 0.2) is 0 Å². The minimum absolute atomic E-state index is 0.0993. The lowest BCUT2D eigenvalue weighted by atomic mass is 9.97. The van der Waals surface area contributed by atoms with Crippen LogP contribution in [0.2, 0.25) is 5.28 Å². The number of primary amides is 1. The molecule has 92 valence electrons. The maximum atomic E-state index is 11.2. The van der Waals surface area contributed by atoms with Crippen molar-refractivity contribution in [3.8, 4) is 0 Å². The molecule has 0 aromatic carbocycles. The van der Waals surface area contributed by atoms with Crippen LogP contribution in [-0.4, -0.2) is 29.0 Å². The van der Waals surface area contributed by atoms with E-state index in [1.165, 1.54) is 0 Å². The molecule has 1 aliphatic rings. The summed E-state index contributed by atoms with van der Waals surface area (Å²) in [6.07, 6.45) is 1.79. The normalized spacial score (nSPS) is 20.4. The van der Waals surface area contributed by atoms with Gasteiger partial charge >= 0.3 is 0 Å². The summed E-state index contributed by atoms with van der Waals surface area (Å²) in [5, 5.41) is 0.237. The Labute approximate surface area is 105 Å². The molecule has 1 amide bonds. The Bertz CT molecular complexity index is 417. The number of carbonyl (C=O) groups is 1. The van der Waals surface area contributed by atoms with E-state index in [1.54, 1.807) is 0 Å². The number of nitrogens with zero attached hydrogens (tertiary/aromatic N) is 3. The number of aryl methyl sites for hydroxylation is 1. The van der Waals surface area contributed by atoms with Gasteiger partial charge in [0.1, 0.15) is 5.82 Å². The number of carbonyl (C=O) groups excluding carboxylic acids is 1.